The summed E-state index contributed by atoms with van der Waals surface area (Å²) in [4.78, 5) is 14.1. The number of nitrogens with zero attached hydrogens (tertiary/aromatic N) is 3. The Bertz CT molecular complexity index is 1110. The number of aromatic nitrogens is 2. The van der Waals surface area contributed by atoms with Crippen molar-refractivity contribution >= 4 is 11.9 Å². The van der Waals surface area contributed by atoms with Gasteiger partial charge in [0.05, 0.1) is 5.69 Å². The Hall–Kier alpha value is -3.61. The molecule has 158 valence electrons. The minimum atomic E-state index is -0.277. The van der Waals surface area contributed by atoms with Gasteiger partial charge in [0.15, 0.2) is 5.82 Å². The van der Waals surface area contributed by atoms with Gasteiger partial charge >= 0.3 is 6.09 Å². The van der Waals surface area contributed by atoms with Crippen molar-refractivity contribution in [3.8, 4) is 17.0 Å². The number of carbonyl (C=O) groups excluding carboxylic acids is 1. The number of carbonyl (C=O) groups is 1. The molecule has 5 rings (SSSR count). The molecule has 1 unspecified atom stereocenters. The highest BCUT2D eigenvalue weighted by Gasteiger charge is 2.47. The molecule has 2 aliphatic heterocycles. The van der Waals surface area contributed by atoms with Gasteiger partial charge in [-0.25, -0.2) is 4.79 Å². The highest BCUT2D eigenvalue weighted by molar-refractivity contribution is 5.70. The Balaban J connectivity index is 1.21. The molecule has 0 aliphatic carbocycles. The van der Waals surface area contributed by atoms with Gasteiger partial charge in [-0.1, -0.05) is 42.5 Å². The van der Waals surface area contributed by atoms with Gasteiger partial charge < -0.3 is 20.1 Å². The molecule has 0 spiro atoms. The van der Waals surface area contributed by atoms with Crippen LogP contribution < -0.4 is 5.32 Å². The smallest absolute Gasteiger partial charge is 0.410 e. The summed E-state index contributed by atoms with van der Waals surface area (Å²) in [7, 11) is 0. The number of aromatic hydroxyl groups is 1. The summed E-state index contributed by atoms with van der Waals surface area (Å²) in [6.07, 6.45) is 0.511. The van der Waals surface area contributed by atoms with Crippen molar-refractivity contribution in [1.29, 1.82) is 0 Å². The topological polar surface area (TPSA) is 87.6 Å². The Morgan fingerprint density at radius 1 is 1.16 bits per heavy atom. The molecule has 31 heavy (non-hydrogen) atoms. The number of amides is 1. The van der Waals surface area contributed by atoms with Crippen LogP contribution in [0.15, 0.2) is 60.7 Å². The first-order chi connectivity index (χ1) is 15.0. The molecule has 1 fully saturated rings. The normalized spacial score (nSPS) is 20.0. The summed E-state index contributed by atoms with van der Waals surface area (Å²) in [5.74, 6) is 1.25. The second kappa shape index (κ2) is 7.58. The first-order valence-electron chi connectivity index (χ1n) is 10.4. The standard InChI is InChI=1S/C24H24N4O3/c1-24(18-13-28(14-18)23(30)31-15-16-7-3-2-4-8-16)12-17-11-20(26-27-22(17)25-24)19-9-5-6-10-21(19)29/h2-11,18,29H,12-15H2,1H3,(H,25,27). The highest BCUT2D eigenvalue weighted by Crippen LogP contribution is 2.40. The van der Waals surface area contributed by atoms with E-state index < -0.39 is 0 Å². The molecule has 2 aromatic carbocycles. The summed E-state index contributed by atoms with van der Waals surface area (Å²) in [5, 5.41) is 22.3. The first-order valence-corrected chi connectivity index (χ1v) is 10.4. The Morgan fingerprint density at radius 2 is 1.90 bits per heavy atom. The van der Waals surface area contributed by atoms with Gasteiger partial charge in [-0.05, 0) is 37.1 Å². The minimum absolute atomic E-state index is 0.189. The van der Waals surface area contributed by atoms with E-state index in [2.05, 4.69) is 22.4 Å². The maximum atomic E-state index is 12.4. The zero-order valence-corrected chi connectivity index (χ0v) is 17.3. The average molecular weight is 416 g/mol. The number of nitrogens with one attached hydrogen (secondary N) is 1. The van der Waals surface area contributed by atoms with Crippen LogP contribution in [0.4, 0.5) is 10.6 Å². The van der Waals surface area contributed by atoms with E-state index in [1.807, 2.05) is 48.5 Å². The van der Waals surface area contributed by atoms with Gasteiger partial charge in [-0.3, -0.25) is 0 Å². The molecule has 2 aliphatic rings. The van der Waals surface area contributed by atoms with Crippen LogP contribution in [-0.4, -0.2) is 44.9 Å². The van der Waals surface area contributed by atoms with Gasteiger partial charge in [-0.2, -0.15) is 0 Å². The lowest BCUT2D eigenvalue weighted by atomic mass is 9.78. The third kappa shape index (κ3) is 3.67. The molecule has 3 aromatic rings. The van der Waals surface area contributed by atoms with Gasteiger partial charge in [0.1, 0.15) is 12.4 Å². The van der Waals surface area contributed by atoms with Crippen LogP contribution in [0.1, 0.15) is 18.1 Å². The second-order valence-electron chi connectivity index (χ2n) is 8.48. The SMILES string of the molecule is CC1(C2CN(C(=O)OCc3ccccc3)C2)Cc2cc(-c3ccccc3O)nnc2N1. The van der Waals surface area contributed by atoms with Crippen LogP contribution in [0.3, 0.4) is 0 Å². The lowest BCUT2D eigenvalue weighted by Crippen LogP contribution is -2.60. The molecule has 1 amide bonds. The van der Waals surface area contributed by atoms with Gasteiger partial charge in [-0.15, -0.1) is 10.2 Å². The van der Waals surface area contributed by atoms with E-state index in [1.165, 1.54) is 0 Å². The average Bonchev–Trinajstić information content (AvgIpc) is 3.08. The molecule has 3 heterocycles. The molecular weight excluding hydrogens is 392 g/mol. The number of phenolic OH excluding ortho intramolecular Hbond substituents is 1. The number of fused-ring (bicyclic) bond motifs is 1. The summed E-state index contributed by atoms with van der Waals surface area (Å²) in [5.41, 5.74) is 3.17. The van der Waals surface area contributed by atoms with Crippen molar-refractivity contribution in [2.24, 2.45) is 5.92 Å². The molecule has 1 saturated heterocycles. The Kier molecular flexibility index (Phi) is 4.73. The lowest BCUT2D eigenvalue weighted by Gasteiger charge is -2.46. The van der Waals surface area contributed by atoms with Crippen LogP contribution in [-0.2, 0) is 17.8 Å². The Labute approximate surface area is 180 Å². The predicted molar refractivity (Wildman–Crippen MR) is 117 cm³/mol. The lowest BCUT2D eigenvalue weighted by molar-refractivity contribution is 0.0310. The molecule has 0 radical (unpaired) electrons. The van der Waals surface area contributed by atoms with E-state index in [1.54, 1.807) is 17.0 Å². The number of hydrogen-bond acceptors (Lipinski definition) is 6. The fourth-order valence-corrected chi connectivity index (χ4v) is 4.29. The number of rotatable bonds is 4. The first kappa shape index (κ1) is 19.4. The van der Waals surface area contributed by atoms with Crippen molar-refractivity contribution in [2.75, 3.05) is 18.4 Å². The fraction of sp³-hybridized carbons (Fsp3) is 0.292. The molecule has 0 saturated carbocycles. The zero-order valence-electron chi connectivity index (χ0n) is 17.3. The van der Waals surface area contributed by atoms with E-state index in [9.17, 15) is 9.90 Å². The molecule has 0 bridgehead atoms. The number of likely N-dealkylation sites (tertiary alicyclic amines) is 1. The van der Waals surface area contributed by atoms with E-state index in [0.29, 0.717) is 30.3 Å². The van der Waals surface area contributed by atoms with E-state index in [0.717, 1.165) is 23.4 Å². The molecule has 1 atom stereocenters. The number of phenols is 1. The van der Waals surface area contributed by atoms with Crippen LogP contribution in [0, 0.1) is 5.92 Å². The van der Waals surface area contributed by atoms with E-state index >= 15 is 0 Å². The van der Waals surface area contributed by atoms with E-state index in [4.69, 9.17) is 4.74 Å². The summed E-state index contributed by atoms with van der Waals surface area (Å²) >= 11 is 0. The number of benzene rings is 2. The maximum Gasteiger partial charge on any atom is 0.410 e. The molecule has 2 N–H and O–H groups in total. The highest BCUT2D eigenvalue weighted by atomic mass is 16.6. The molecule has 7 heteroatoms. The third-order valence-corrected chi connectivity index (χ3v) is 6.26. The molecule has 1 aromatic heterocycles. The third-order valence-electron chi connectivity index (χ3n) is 6.26. The summed E-state index contributed by atoms with van der Waals surface area (Å²) < 4.78 is 5.43. The van der Waals surface area contributed by atoms with Crippen molar-refractivity contribution in [3.63, 3.8) is 0 Å². The number of ether oxygens (including phenoxy) is 1. The van der Waals surface area contributed by atoms with Gasteiger partial charge in [0.25, 0.3) is 0 Å². The molecule has 7 nitrogen and oxygen atoms in total. The van der Waals surface area contributed by atoms with Crippen LogP contribution in [0.5, 0.6) is 5.75 Å². The molecular formula is C24H24N4O3. The Morgan fingerprint density at radius 3 is 2.68 bits per heavy atom. The zero-order chi connectivity index (χ0) is 21.4. The summed E-state index contributed by atoms with van der Waals surface area (Å²) in [6.45, 7) is 3.73. The van der Waals surface area contributed by atoms with Crippen molar-refractivity contribution in [3.05, 3.63) is 71.8 Å². The van der Waals surface area contributed by atoms with Crippen LogP contribution in [0.2, 0.25) is 0 Å². The quantitative estimate of drug-likeness (QED) is 0.672. The monoisotopic (exact) mass is 416 g/mol. The second-order valence-corrected chi connectivity index (χ2v) is 8.48. The van der Waals surface area contributed by atoms with Crippen molar-refractivity contribution in [2.45, 2.75) is 25.5 Å². The minimum Gasteiger partial charge on any atom is -0.507 e. The van der Waals surface area contributed by atoms with Gasteiger partial charge in [0, 0.05) is 35.7 Å². The van der Waals surface area contributed by atoms with Crippen LogP contribution in [0.25, 0.3) is 11.3 Å². The predicted octanol–water partition coefficient (Wildman–Crippen LogP) is 3.84. The number of anilines is 1. The van der Waals surface area contributed by atoms with Crippen LogP contribution >= 0.6 is 0 Å². The van der Waals surface area contributed by atoms with Crippen molar-refractivity contribution < 1.29 is 14.6 Å². The number of para-hydroxylation sites is 1. The maximum absolute atomic E-state index is 12.4. The van der Waals surface area contributed by atoms with Crippen molar-refractivity contribution in [1.82, 2.24) is 15.1 Å². The van der Waals surface area contributed by atoms with Gasteiger partial charge in [0.2, 0.25) is 0 Å². The summed E-state index contributed by atoms with van der Waals surface area (Å²) in [6, 6.07) is 18.8. The largest absolute Gasteiger partial charge is 0.507 e. The fourth-order valence-electron chi connectivity index (χ4n) is 4.29. The van der Waals surface area contributed by atoms with E-state index in [-0.39, 0.29) is 24.0 Å². The number of hydrogen-bond donors (Lipinski definition) is 2.